The van der Waals surface area contributed by atoms with E-state index in [0.29, 0.717) is 12.0 Å². The Bertz CT molecular complexity index is 1080. The number of alkyl halides is 1. The van der Waals surface area contributed by atoms with E-state index in [-0.39, 0.29) is 22.9 Å². The fourth-order valence-electron chi connectivity index (χ4n) is 3.38. The van der Waals surface area contributed by atoms with Crippen LogP contribution in [0.1, 0.15) is 29.9 Å². The minimum Gasteiger partial charge on any atom is -0.348 e. The lowest BCUT2D eigenvalue weighted by atomic mass is 10.1. The number of rotatable bonds is 6. The van der Waals surface area contributed by atoms with Crippen LogP contribution in [-0.2, 0) is 13.8 Å². The predicted octanol–water partition coefficient (Wildman–Crippen LogP) is 3.70. The molecule has 1 aromatic carbocycles. The first-order chi connectivity index (χ1) is 14.5. The van der Waals surface area contributed by atoms with E-state index in [2.05, 4.69) is 32.5 Å². The summed E-state index contributed by atoms with van der Waals surface area (Å²) in [7, 11) is -2.29. The molecule has 0 spiro atoms. The van der Waals surface area contributed by atoms with E-state index in [9.17, 15) is 9.36 Å². The van der Waals surface area contributed by atoms with Crippen molar-refractivity contribution in [3.05, 3.63) is 48.5 Å². The molecule has 2 aromatic heterocycles. The highest BCUT2D eigenvalue weighted by atomic mass is 32.7. The van der Waals surface area contributed by atoms with E-state index in [1.165, 1.54) is 17.2 Å². The average molecular weight is 450 g/mol. The summed E-state index contributed by atoms with van der Waals surface area (Å²) in [6.07, 6.45) is -1.26. The third kappa shape index (κ3) is 3.93. The Hall–Kier alpha value is -2.46. The van der Waals surface area contributed by atoms with Crippen LogP contribution in [0.25, 0.3) is 11.2 Å². The van der Waals surface area contributed by atoms with Crippen molar-refractivity contribution in [1.82, 2.24) is 19.5 Å². The number of amides is 1. The summed E-state index contributed by atoms with van der Waals surface area (Å²) in [5.41, 5.74) is 1.03. The average Bonchev–Trinajstić information content (AvgIpc) is 3.30. The Morgan fingerprint density at radius 3 is 2.80 bits per heavy atom. The largest absolute Gasteiger partial charge is 0.582 e. The van der Waals surface area contributed by atoms with Gasteiger partial charge in [-0.05, 0) is 23.1 Å². The molecular formula is C18H18FN5O4PS+. The summed E-state index contributed by atoms with van der Waals surface area (Å²) in [6.45, 7) is 1.81. The molecule has 30 heavy (non-hydrogen) atoms. The SMILES string of the molecule is CC[C@H]1O[C@@H](n2cnc3c(NC(=O)c4ccccc4)ncnc32)[C@@H](F)[C@@H]1O[P+](=O)S. The van der Waals surface area contributed by atoms with E-state index >= 15 is 4.39 Å². The number of imidazole rings is 1. The van der Waals surface area contributed by atoms with Crippen LogP contribution in [-0.4, -0.2) is 43.8 Å². The lowest BCUT2D eigenvalue weighted by molar-refractivity contribution is -0.0216. The monoisotopic (exact) mass is 450 g/mol. The number of fused-ring (bicyclic) bond motifs is 1. The quantitative estimate of drug-likeness (QED) is 0.436. The van der Waals surface area contributed by atoms with Crippen LogP contribution in [0.2, 0.25) is 0 Å². The van der Waals surface area contributed by atoms with Gasteiger partial charge in [-0.2, -0.15) is 0 Å². The van der Waals surface area contributed by atoms with Gasteiger partial charge in [-0.3, -0.25) is 9.36 Å². The maximum Gasteiger partial charge on any atom is 0.582 e. The zero-order valence-electron chi connectivity index (χ0n) is 15.8. The van der Waals surface area contributed by atoms with Crippen LogP contribution in [0.3, 0.4) is 0 Å². The normalized spacial score (nSPS) is 24.2. The van der Waals surface area contributed by atoms with E-state index < -0.39 is 31.8 Å². The minimum atomic E-state index is -2.29. The maximum absolute atomic E-state index is 15.1. The van der Waals surface area contributed by atoms with Gasteiger partial charge in [0, 0.05) is 5.56 Å². The number of nitrogens with one attached hydrogen (secondary N) is 1. The lowest BCUT2D eigenvalue weighted by Crippen LogP contribution is -2.29. The van der Waals surface area contributed by atoms with Gasteiger partial charge in [-0.1, -0.05) is 25.1 Å². The molecule has 3 aromatic rings. The van der Waals surface area contributed by atoms with Gasteiger partial charge < -0.3 is 10.1 Å². The lowest BCUT2D eigenvalue weighted by Gasteiger charge is -2.15. The zero-order valence-corrected chi connectivity index (χ0v) is 17.5. The molecule has 4 rings (SSSR count). The molecule has 3 heterocycles. The second kappa shape index (κ2) is 8.73. The number of benzene rings is 1. The van der Waals surface area contributed by atoms with Crippen LogP contribution in [0.5, 0.6) is 0 Å². The molecule has 0 bridgehead atoms. The van der Waals surface area contributed by atoms with E-state index in [1.807, 2.05) is 6.92 Å². The molecule has 1 amide bonds. The number of aromatic nitrogens is 4. The van der Waals surface area contributed by atoms with Gasteiger partial charge in [0.15, 0.2) is 35.5 Å². The third-order valence-electron chi connectivity index (χ3n) is 4.78. The van der Waals surface area contributed by atoms with Gasteiger partial charge >= 0.3 is 7.23 Å². The van der Waals surface area contributed by atoms with Gasteiger partial charge in [-0.15, -0.1) is 4.52 Å². The molecule has 1 aliphatic heterocycles. The Balaban J connectivity index is 1.63. The second-order valence-corrected chi connectivity index (χ2v) is 8.26. The van der Waals surface area contributed by atoms with Crippen molar-refractivity contribution >= 4 is 42.4 Å². The van der Waals surface area contributed by atoms with Gasteiger partial charge in [0.2, 0.25) is 0 Å². The number of ether oxygens (including phenoxy) is 1. The van der Waals surface area contributed by atoms with Crippen molar-refractivity contribution in [2.45, 2.75) is 38.0 Å². The van der Waals surface area contributed by atoms with E-state index in [1.54, 1.807) is 30.3 Å². The molecule has 1 aliphatic rings. The van der Waals surface area contributed by atoms with Crippen LogP contribution in [0.4, 0.5) is 10.2 Å². The molecule has 0 saturated carbocycles. The Labute approximate surface area is 177 Å². The number of anilines is 1. The zero-order chi connectivity index (χ0) is 21.3. The van der Waals surface area contributed by atoms with E-state index in [0.717, 1.165) is 0 Å². The van der Waals surface area contributed by atoms with Gasteiger partial charge in [0.05, 0.1) is 12.4 Å². The Morgan fingerprint density at radius 2 is 2.10 bits per heavy atom. The van der Waals surface area contributed by atoms with Crippen molar-refractivity contribution in [3.8, 4) is 0 Å². The molecule has 1 saturated heterocycles. The summed E-state index contributed by atoms with van der Waals surface area (Å²) in [4.78, 5) is 25.0. The van der Waals surface area contributed by atoms with E-state index in [4.69, 9.17) is 9.26 Å². The van der Waals surface area contributed by atoms with Crippen LogP contribution in [0, 0.1) is 0 Å². The summed E-state index contributed by atoms with van der Waals surface area (Å²) < 4.78 is 38.8. The summed E-state index contributed by atoms with van der Waals surface area (Å²) in [5, 5.41) is 2.70. The molecule has 156 valence electrons. The summed E-state index contributed by atoms with van der Waals surface area (Å²) in [6, 6.07) is 8.65. The highest BCUT2D eigenvalue weighted by molar-refractivity contribution is 8.39. The molecule has 12 heteroatoms. The van der Waals surface area contributed by atoms with Crippen molar-refractivity contribution in [1.29, 1.82) is 0 Å². The first-order valence-corrected chi connectivity index (χ1v) is 11.5. The maximum atomic E-state index is 15.1. The number of hydrogen-bond donors (Lipinski definition) is 2. The number of carbonyl (C=O) groups is 1. The Morgan fingerprint density at radius 1 is 1.33 bits per heavy atom. The molecular weight excluding hydrogens is 432 g/mol. The minimum absolute atomic E-state index is 0.194. The molecule has 0 radical (unpaired) electrons. The van der Waals surface area contributed by atoms with Crippen molar-refractivity contribution < 1.29 is 23.0 Å². The summed E-state index contributed by atoms with van der Waals surface area (Å²) >= 11 is 3.72. The second-order valence-electron chi connectivity index (χ2n) is 6.59. The third-order valence-corrected chi connectivity index (χ3v) is 5.49. The molecule has 5 atom stereocenters. The number of carbonyl (C=O) groups excluding carboxylic acids is 1. The van der Waals surface area contributed by atoms with Gasteiger partial charge in [-0.25, -0.2) is 19.3 Å². The number of hydrogen-bond acceptors (Lipinski definition) is 7. The molecule has 0 aliphatic carbocycles. The van der Waals surface area contributed by atoms with Gasteiger partial charge in [0.25, 0.3) is 5.91 Å². The smallest absolute Gasteiger partial charge is 0.348 e. The predicted molar refractivity (Wildman–Crippen MR) is 110 cm³/mol. The number of halogens is 1. The van der Waals surface area contributed by atoms with Crippen molar-refractivity contribution in [3.63, 3.8) is 0 Å². The standard InChI is InChI=1S/C18H17FN5O4PS/c1-2-11-14(28-29(26)30)12(19)18(27-11)24-9-22-13-15(20-8-21-16(13)24)23-17(25)10-6-4-3-5-7-10/h3-9,11-12,14,18H,2H2,1H3,(H-,20,21,23,25,26,30)/p+1/t11-,12+,14-,18-/m1/s1. The molecule has 1 fully saturated rings. The fraction of sp³-hybridized carbons (Fsp3) is 0.333. The van der Waals surface area contributed by atoms with Crippen molar-refractivity contribution in [2.24, 2.45) is 0 Å². The van der Waals surface area contributed by atoms with Crippen LogP contribution in [0.15, 0.2) is 43.0 Å². The van der Waals surface area contributed by atoms with Crippen LogP contribution < -0.4 is 5.32 Å². The first-order valence-electron chi connectivity index (χ1n) is 9.16. The molecule has 1 N–H and O–H groups in total. The summed E-state index contributed by atoms with van der Waals surface area (Å²) in [5.74, 6) is -0.165. The highest BCUT2D eigenvalue weighted by Crippen LogP contribution is 2.42. The topological polar surface area (TPSA) is 108 Å². The fourth-order valence-corrected chi connectivity index (χ4v) is 4.16. The first kappa shape index (κ1) is 20.8. The molecule has 1 unspecified atom stereocenters. The number of thiol groups is 1. The van der Waals surface area contributed by atoms with Crippen molar-refractivity contribution in [2.75, 3.05) is 5.32 Å². The van der Waals surface area contributed by atoms with Gasteiger partial charge in [0.1, 0.15) is 18.6 Å². The Kier molecular flexibility index (Phi) is 6.05. The van der Waals surface area contributed by atoms with Crippen LogP contribution >= 0.6 is 19.5 Å². The molecule has 9 nitrogen and oxygen atoms in total. The number of nitrogens with zero attached hydrogens (tertiary/aromatic N) is 4. The highest BCUT2D eigenvalue weighted by Gasteiger charge is 2.50.